The summed E-state index contributed by atoms with van der Waals surface area (Å²) in [5.41, 5.74) is 5.80. The topological polar surface area (TPSA) is 64.3 Å². The third-order valence-electron chi connectivity index (χ3n) is 4.54. The second kappa shape index (κ2) is 7.85. The van der Waals surface area contributed by atoms with Crippen molar-refractivity contribution in [1.82, 2.24) is 5.32 Å². The van der Waals surface area contributed by atoms with Crippen LogP contribution in [0.1, 0.15) is 57.8 Å². The quantitative estimate of drug-likeness (QED) is 0.774. The summed E-state index contributed by atoms with van der Waals surface area (Å²) in [6, 6.07) is 0.183. The number of carbonyl (C=O) groups excluding carboxylic acids is 1. The van der Waals surface area contributed by atoms with E-state index >= 15 is 0 Å². The molecule has 1 heterocycles. The van der Waals surface area contributed by atoms with Crippen LogP contribution < -0.4 is 11.1 Å². The average molecular weight is 268 g/mol. The molecule has 1 saturated carbocycles. The van der Waals surface area contributed by atoms with Crippen molar-refractivity contribution in [2.24, 2.45) is 11.7 Å². The molecular weight excluding hydrogens is 240 g/mol. The van der Waals surface area contributed by atoms with E-state index in [-0.39, 0.29) is 11.9 Å². The maximum Gasteiger partial charge on any atom is 0.220 e. The Morgan fingerprint density at radius 2 is 1.95 bits per heavy atom. The molecule has 0 spiro atoms. The molecule has 1 aliphatic carbocycles. The minimum atomic E-state index is 0.150. The molecular formula is C15H28N2O2. The van der Waals surface area contributed by atoms with E-state index in [1.165, 1.54) is 38.5 Å². The number of ether oxygens (including phenoxy) is 1. The fraction of sp³-hybridized carbons (Fsp3) is 0.933. The summed E-state index contributed by atoms with van der Waals surface area (Å²) in [4.78, 5) is 12.0. The Hall–Kier alpha value is -0.610. The van der Waals surface area contributed by atoms with E-state index in [1.54, 1.807) is 0 Å². The standard InChI is InChI=1S/C15H28N2O2/c16-11-14(12-5-1-2-6-12)17-15(18)9-8-13-7-3-4-10-19-13/h12-14H,1-11,16H2,(H,17,18). The Morgan fingerprint density at radius 1 is 1.21 bits per heavy atom. The number of hydrogen-bond donors (Lipinski definition) is 2. The summed E-state index contributed by atoms with van der Waals surface area (Å²) < 4.78 is 5.65. The highest BCUT2D eigenvalue weighted by Crippen LogP contribution is 2.27. The second-order valence-corrected chi connectivity index (χ2v) is 5.98. The molecule has 1 amide bonds. The molecule has 2 unspecified atom stereocenters. The molecule has 0 bridgehead atoms. The molecule has 2 atom stereocenters. The molecule has 4 nitrogen and oxygen atoms in total. The molecule has 110 valence electrons. The minimum Gasteiger partial charge on any atom is -0.378 e. The molecule has 4 heteroatoms. The first-order valence-electron chi connectivity index (χ1n) is 7.90. The van der Waals surface area contributed by atoms with Gasteiger partial charge in [-0.3, -0.25) is 4.79 Å². The third-order valence-corrected chi connectivity index (χ3v) is 4.54. The van der Waals surface area contributed by atoms with Gasteiger partial charge in [-0.05, 0) is 44.4 Å². The van der Waals surface area contributed by atoms with Gasteiger partial charge in [0.25, 0.3) is 0 Å². The summed E-state index contributed by atoms with van der Waals surface area (Å²) in [6.07, 6.45) is 10.2. The van der Waals surface area contributed by atoms with Gasteiger partial charge in [0.05, 0.1) is 6.10 Å². The molecule has 2 aliphatic rings. The van der Waals surface area contributed by atoms with Crippen molar-refractivity contribution in [1.29, 1.82) is 0 Å². The van der Waals surface area contributed by atoms with E-state index in [0.717, 1.165) is 19.4 Å². The molecule has 0 aromatic heterocycles. The molecule has 3 N–H and O–H groups in total. The largest absolute Gasteiger partial charge is 0.378 e. The van der Waals surface area contributed by atoms with Crippen LogP contribution in [-0.2, 0) is 9.53 Å². The van der Waals surface area contributed by atoms with Gasteiger partial charge < -0.3 is 15.8 Å². The van der Waals surface area contributed by atoms with Gasteiger partial charge in [0.15, 0.2) is 0 Å². The zero-order valence-electron chi connectivity index (χ0n) is 11.9. The SMILES string of the molecule is NCC(NC(=O)CCC1CCCCO1)C1CCCC1. The number of hydrogen-bond acceptors (Lipinski definition) is 3. The van der Waals surface area contributed by atoms with Crippen molar-refractivity contribution in [3.63, 3.8) is 0 Å². The minimum absolute atomic E-state index is 0.150. The van der Waals surface area contributed by atoms with Crippen LogP contribution in [0.25, 0.3) is 0 Å². The van der Waals surface area contributed by atoms with Crippen molar-refractivity contribution in [3.8, 4) is 0 Å². The summed E-state index contributed by atoms with van der Waals surface area (Å²) in [5, 5.41) is 3.13. The first kappa shape index (κ1) is 14.8. The molecule has 1 saturated heterocycles. The van der Waals surface area contributed by atoms with E-state index in [0.29, 0.717) is 25.0 Å². The molecule has 0 aromatic carbocycles. The Kier molecular flexibility index (Phi) is 6.11. The van der Waals surface area contributed by atoms with Gasteiger partial charge in [0, 0.05) is 25.6 Å². The van der Waals surface area contributed by atoms with Gasteiger partial charge in [-0.25, -0.2) is 0 Å². The molecule has 0 radical (unpaired) electrons. The van der Waals surface area contributed by atoms with Crippen LogP contribution in [0.3, 0.4) is 0 Å². The number of amides is 1. The van der Waals surface area contributed by atoms with Gasteiger partial charge in [-0.15, -0.1) is 0 Å². The Bertz CT molecular complexity index is 271. The fourth-order valence-electron chi connectivity index (χ4n) is 3.34. The van der Waals surface area contributed by atoms with Crippen LogP contribution in [0.5, 0.6) is 0 Å². The van der Waals surface area contributed by atoms with Crippen LogP contribution in [0.15, 0.2) is 0 Å². The van der Waals surface area contributed by atoms with Gasteiger partial charge in [-0.2, -0.15) is 0 Å². The maximum absolute atomic E-state index is 12.0. The lowest BCUT2D eigenvalue weighted by molar-refractivity contribution is -0.123. The maximum atomic E-state index is 12.0. The summed E-state index contributed by atoms with van der Waals surface area (Å²) >= 11 is 0. The van der Waals surface area contributed by atoms with Crippen molar-refractivity contribution < 1.29 is 9.53 Å². The van der Waals surface area contributed by atoms with E-state index in [1.807, 2.05) is 0 Å². The lowest BCUT2D eigenvalue weighted by Gasteiger charge is -2.25. The normalized spacial score (nSPS) is 26.3. The predicted octanol–water partition coefficient (Wildman–Crippen LogP) is 1.97. The lowest BCUT2D eigenvalue weighted by atomic mass is 9.97. The number of carbonyl (C=O) groups is 1. The highest BCUT2D eigenvalue weighted by Gasteiger charge is 2.25. The Balaban J connectivity index is 1.66. The summed E-state index contributed by atoms with van der Waals surface area (Å²) in [5.74, 6) is 0.747. The van der Waals surface area contributed by atoms with Crippen LogP contribution in [-0.4, -0.2) is 31.2 Å². The van der Waals surface area contributed by atoms with Crippen molar-refractivity contribution >= 4 is 5.91 Å². The zero-order chi connectivity index (χ0) is 13.5. The molecule has 2 fully saturated rings. The number of rotatable bonds is 6. The van der Waals surface area contributed by atoms with E-state index in [2.05, 4.69) is 5.32 Å². The zero-order valence-corrected chi connectivity index (χ0v) is 11.9. The smallest absolute Gasteiger partial charge is 0.220 e. The third kappa shape index (κ3) is 4.77. The van der Waals surface area contributed by atoms with Crippen molar-refractivity contribution in [2.75, 3.05) is 13.2 Å². The fourth-order valence-corrected chi connectivity index (χ4v) is 3.34. The summed E-state index contributed by atoms with van der Waals surface area (Å²) in [7, 11) is 0. The van der Waals surface area contributed by atoms with Gasteiger partial charge in [0.2, 0.25) is 5.91 Å². The van der Waals surface area contributed by atoms with Gasteiger partial charge >= 0.3 is 0 Å². The summed E-state index contributed by atoms with van der Waals surface area (Å²) in [6.45, 7) is 1.43. The van der Waals surface area contributed by atoms with Gasteiger partial charge in [0.1, 0.15) is 0 Å². The van der Waals surface area contributed by atoms with Crippen LogP contribution in [0.4, 0.5) is 0 Å². The average Bonchev–Trinajstić information content (AvgIpc) is 2.97. The van der Waals surface area contributed by atoms with Crippen LogP contribution >= 0.6 is 0 Å². The monoisotopic (exact) mass is 268 g/mol. The second-order valence-electron chi connectivity index (χ2n) is 5.98. The first-order chi connectivity index (χ1) is 9.29. The van der Waals surface area contributed by atoms with Crippen molar-refractivity contribution in [2.45, 2.75) is 69.9 Å². The molecule has 1 aliphatic heterocycles. The van der Waals surface area contributed by atoms with Crippen LogP contribution in [0.2, 0.25) is 0 Å². The van der Waals surface area contributed by atoms with E-state index < -0.39 is 0 Å². The molecule has 0 aromatic rings. The highest BCUT2D eigenvalue weighted by molar-refractivity contribution is 5.76. The van der Waals surface area contributed by atoms with E-state index in [4.69, 9.17) is 10.5 Å². The van der Waals surface area contributed by atoms with Crippen LogP contribution in [0, 0.1) is 5.92 Å². The first-order valence-corrected chi connectivity index (χ1v) is 7.90. The molecule has 2 rings (SSSR count). The van der Waals surface area contributed by atoms with Crippen molar-refractivity contribution in [3.05, 3.63) is 0 Å². The number of nitrogens with one attached hydrogen (secondary N) is 1. The molecule has 19 heavy (non-hydrogen) atoms. The Morgan fingerprint density at radius 3 is 2.58 bits per heavy atom. The van der Waals surface area contributed by atoms with E-state index in [9.17, 15) is 4.79 Å². The number of nitrogens with two attached hydrogens (primary N) is 1. The highest BCUT2D eigenvalue weighted by atomic mass is 16.5. The lowest BCUT2D eigenvalue weighted by Crippen LogP contribution is -2.44. The van der Waals surface area contributed by atoms with Gasteiger partial charge in [-0.1, -0.05) is 12.8 Å². The predicted molar refractivity (Wildman–Crippen MR) is 75.8 cm³/mol. The Labute approximate surface area is 116 Å².